The molecule has 118 valence electrons. The zero-order valence-electron chi connectivity index (χ0n) is 12.0. The predicted molar refractivity (Wildman–Crippen MR) is 93.1 cm³/mol. The Bertz CT molecular complexity index is 865. The van der Waals surface area contributed by atoms with Gasteiger partial charge in [0.1, 0.15) is 0 Å². The maximum absolute atomic E-state index is 12.8. The fourth-order valence-corrected chi connectivity index (χ4v) is 4.89. The molecule has 0 radical (unpaired) electrons. The molecule has 1 N–H and O–H groups in total. The van der Waals surface area contributed by atoms with Crippen molar-refractivity contribution in [2.75, 3.05) is 13.1 Å². The lowest BCUT2D eigenvalue weighted by Gasteiger charge is -2.21. The van der Waals surface area contributed by atoms with Gasteiger partial charge in [-0.2, -0.15) is 0 Å². The Morgan fingerprint density at radius 1 is 1.39 bits per heavy atom. The number of halogens is 1. The van der Waals surface area contributed by atoms with E-state index in [1.54, 1.807) is 16.5 Å². The van der Waals surface area contributed by atoms with E-state index in [-0.39, 0.29) is 24.1 Å². The van der Waals surface area contributed by atoms with E-state index < -0.39 is 5.41 Å². The minimum Gasteiger partial charge on any atom is -0.337 e. The molecule has 1 atom stereocenters. The molecular formula is C15H12IN3O3S. The van der Waals surface area contributed by atoms with Gasteiger partial charge in [0.25, 0.3) is 5.91 Å². The van der Waals surface area contributed by atoms with E-state index in [1.807, 2.05) is 6.07 Å². The van der Waals surface area contributed by atoms with Gasteiger partial charge in [0.2, 0.25) is 11.8 Å². The second-order valence-electron chi connectivity index (χ2n) is 5.96. The van der Waals surface area contributed by atoms with Crippen molar-refractivity contribution in [3.05, 3.63) is 26.8 Å². The minimum absolute atomic E-state index is 0.103. The predicted octanol–water partition coefficient (Wildman–Crippen LogP) is 1.78. The van der Waals surface area contributed by atoms with Crippen molar-refractivity contribution in [1.29, 1.82) is 0 Å². The highest BCUT2D eigenvalue weighted by Gasteiger charge is 2.51. The fourth-order valence-electron chi connectivity index (χ4n) is 3.28. The first-order valence-corrected chi connectivity index (χ1v) is 9.11. The summed E-state index contributed by atoms with van der Waals surface area (Å²) in [6, 6.07) is 3.76. The normalized spacial score (nSPS) is 24.0. The number of hydrogen-bond acceptors (Lipinski definition) is 5. The number of rotatable bonds is 1. The van der Waals surface area contributed by atoms with Crippen molar-refractivity contribution in [1.82, 2.24) is 15.2 Å². The fraction of sp³-hybridized carbons (Fsp3) is 0.333. The lowest BCUT2D eigenvalue weighted by molar-refractivity contribution is -0.128. The number of benzene rings is 1. The molecule has 2 saturated heterocycles. The van der Waals surface area contributed by atoms with Gasteiger partial charge in [-0.25, -0.2) is 4.98 Å². The van der Waals surface area contributed by atoms with Crippen LogP contribution in [0.25, 0.3) is 10.2 Å². The topological polar surface area (TPSA) is 79.4 Å². The quantitative estimate of drug-likeness (QED) is 0.541. The number of imide groups is 1. The average molecular weight is 441 g/mol. The van der Waals surface area contributed by atoms with Crippen LogP contribution in [0.1, 0.15) is 23.2 Å². The summed E-state index contributed by atoms with van der Waals surface area (Å²) in [5.74, 6) is -0.599. The maximum Gasteiger partial charge on any atom is 0.255 e. The summed E-state index contributed by atoms with van der Waals surface area (Å²) in [6.45, 7) is 0.791. The van der Waals surface area contributed by atoms with Crippen LogP contribution in [-0.2, 0) is 9.59 Å². The molecule has 1 aromatic heterocycles. The molecule has 4 rings (SSSR count). The summed E-state index contributed by atoms with van der Waals surface area (Å²) in [4.78, 5) is 42.3. The van der Waals surface area contributed by atoms with Crippen molar-refractivity contribution < 1.29 is 14.4 Å². The first-order chi connectivity index (χ1) is 11.0. The van der Waals surface area contributed by atoms with Crippen molar-refractivity contribution >= 4 is 61.9 Å². The van der Waals surface area contributed by atoms with E-state index >= 15 is 0 Å². The van der Waals surface area contributed by atoms with Crippen molar-refractivity contribution in [2.24, 2.45) is 5.41 Å². The highest BCUT2D eigenvalue weighted by molar-refractivity contribution is 14.1. The molecule has 2 aliphatic heterocycles. The Morgan fingerprint density at radius 3 is 2.96 bits per heavy atom. The molecule has 1 aromatic carbocycles. The van der Waals surface area contributed by atoms with Crippen LogP contribution in [-0.4, -0.2) is 40.7 Å². The zero-order chi connectivity index (χ0) is 16.2. The van der Waals surface area contributed by atoms with Crippen LogP contribution < -0.4 is 5.32 Å². The average Bonchev–Trinajstić information content (AvgIpc) is 3.18. The van der Waals surface area contributed by atoms with Crippen LogP contribution in [0.3, 0.4) is 0 Å². The number of thiazole rings is 1. The Morgan fingerprint density at radius 2 is 2.22 bits per heavy atom. The molecule has 23 heavy (non-hydrogen) atoms. The number of aromatic nitrogens is 1. The number of likely N-dealkylation sites (tertiary alicyclic amines) is 1. The SMILES string of the molecule is O=C1CC2(CCN(C(=O)c3cc4ncsc4cc3I)C2)C(=O)N1. The minimum atomic E-state index is -0.733. The smallest absolute Gasteiger partial charge is 0.255 e. The van der Waals surface area contributed by atoms with Crippen LogP contribution in [0.5, 0.6) is 0 Å². The van der Waals surface area contributed by atoms with Crippen LogP contribution >= 0.6 is 33.9 Å². The summed E-state index contributed by atoms with van der Waals surface area (Å²) < 4.78 is 1.92. The number of hydrogen-bond donors (Lipinski definition) is 1. The third-order valence-electron chi connectivity index (χ3n) is 4.53. The number of fused-ring (bicyclic) bond motifs is 1. The summed E-state index contributed by atoms with van der Waals surface area (Å²) in [5.41, 5.74) is 2.43. The molecule has 2 aromatic rings. The molecule has 8 heteroatoms. The molecule has 0 aliphatic carbocycles. The number of carbonyl (C=O) groups excluding carboxylic acids is 3. The summed E-state index contributed by atoms with van der Waals surface area (Å²) in [7, 11) is 0. The first-order valence-electron chi connectivity index (χ1n) is 7.15. The van der Waals surface area contributed by atoms with Crippen LogP contribution in [0, 0.1) is 8.99 Å². The van der Waals surface area contributed by atoms with Crippen molar-refractivity contribution in [2.45, 2.75) is 12.8 Å². The number of nitrogens with zero attached hydrogens (tertiary/aromatic N) is 2. The molecule has 2 aliphatic rings. The summed E-state index contributed by atoms with van der Waals surface area (Å²) >= 11 is 3.69. The first kappa shape index (κ1) is 15.0. The third kappa shape index (κ3) is 2.35. The van der Waals surface area contributed by atoms with E-state index in [4.69, 9.17) is 0 Å². The molecule has 2 fully saturated rings. The van der Waals surface area contributed by atoms with Gasteiger partial charge in [0.15, 0.2) is 0 Å². The van der Waals surface area contributed by atoms with E-state index in [0.29, 0.717) is 25.1 Å². The lowest BCUT2D eigenvalue weighted by atomic mass is 9.85. The second kappa shape index (κ2) is 5.23. The van der Waals surface area contributed by atoms with Gasteiger partial charge in [-0.05, 0) is 41.1 Å². The summed E-state index contributed by atoms with van der Waals surface area (Å²) in [6.07, 6.45) is 0.712. The number of nitrogens with one attached hydrogen (secondary N) is 1. The van der Waals surface area contributed by atoms with Gasteiger partial charge in [0, 0.05) is 23.1 Å². The highest BCUT2D eigenvalue weighted by atomic mass is 127. The zero-order valence-corrected chi connectivity index (χ0v) is 14.9. The maximum atomic E-state index is 12.8. The standard InChI is InChI=1S/C15H12IN3O3S/c16-9-4-11-10(17-7-23-11)3-8(9)13(21)19-2-1-15(6-19)5-12(20)18-14(15)22/h3-4,7H,1-2,5-6H2,(H,18,20,22). The third-order valence-corrected chi connectivity index (χ3v) is 6.21. The molecule has 3 amide bonds. The monoisotopic (exact) mass is 441 g/mol. The Balaban J connectivity index is 1.63. The molecule has 0 saturated carbocycles. The van der Waals surface area contributed by atoms with Gasteiger partial charge < -0.3 is 4.90 Å². The highest BCUT2D eigenvalue weighted by Crippen LogP contribution is 2.38. The van der Waals surface area contributed by atoms with E-state index in [0.717, 1.165) is 13.8 Å². The van der Waals surface area contributed by atoms with Gasteiger partial charge in [-0.15, -0.1) is 11.3 Å². The van der Waals surface area contributed by atoms with Gasteiger partial charge in [-0.1, -0.05) is 0 Å². The molecule has 1 spiro atoms. The molecule has 1 unspecified atom stereocenters. The largest absolute Gasteiger partial charge is 0.337 e. The van der Waals surface area contributed by atoms with E-state index in [1.165, 1.54) is 11.3 Å². The van der Waals surface area contributed by atoms with Gasteiger partial charge in [0.05, 0.1) is 26.7 Å². The second-order valence-corrected chi connectivity index (χ2v) is 8.01. The van der Waals surface area contributed by atoms with E-state index in [9.17, 15) is 14.4 Å². The molecular weight excluding hydrogens is 429 g/mol. The Labute approximate surface area is 149 Å². The Hall–Kier alpha value is -1.55. The van der Waals surface area contributed by atoms with Crippen LogP contribution in [0.4, 0.5) is 0 Å². The van der Waals surface area contributed by atoms with Crippen molar-refractivity contribution in [3.63, 3.8) is 0 Å². The van der Waals surface area contributed by atoms with Gasteiger partial charge in [-0.3, -0.25) is 19.7 Å². The lowest BCUT2D eigenvalue weighted by Crippen LogP contribution is -2.36. The molecule has 6 nitrogen and oxygen atoms in total. The molecule has 3 heterocycles. The molecule has 0 bridgehead atoms. The number of carbonyl (C=O) groups is 3. The Kier molecular flexibility index (Phi) is 3.41. The number of amides is 3. The van der Waals surface area contributed by atoms with Crippen LogP contribution in [0.15, 0.2) is 17.6 Å². The van der Waals surface area contributed by atoms with Crippen molar-refractivity contribution in [3.8, 4) is 0 Å². The summed E-state index contributed by atoms with van der Waals surface area (Å²) in [5, 5.41) is 2.35. The van der Waals surface area contributed by atoms with E-state index in [2.05, 4.69) is 32.9 Å². The van der Waals surface area contributed by atoms with Crippen LogP contribution in [0.2, 0.25) is 0 Å². The van der Waals surface area contributed by atoms with Gasteiger partial charge >= 0.3 is 0 Å².